The van der Waals surface area contributed by atoms with Gasteiger partial charge in [0.2, 0.25) is 0 Å². The van der Waals surface area contributed by atoms with Crippen LogP contribution in [0.4, 0.5) is 0 Å². The zero-order valence-corrected chi connectivity index (χ0v) is 8.45. The van der Waals surface area contributed by atoms with Gasteiger partial charge >= 0.3 is 0 Å². The number of rotatable bonds is 2. The third-order valence-electron chi connectivity index (χ3n) is 1.68. The highest BCUT2D eigenvalue weighted by atomic mass is 35.5. The van der Waals surface area contributed by atoms with E-state index in [2.05, 4.69) is 10.3 Å². The molecule has 1 atom stereocenters. The summed E-state index contributed by atoms with van der Waals surface area (Å²) in [7, 11) is 1.86. The average Bonchev–Trinajstić information content (AvgIpc) is 2.03. The predicted molar refractivity (Wildman–Crippen MR) is 51.7 cm³/mol. The lowest BCUT2D eigenvalue weighted by Gasteiger charge is -2.10. The van der Waals surface area contributed by atoms with Gasteiger partial charge in [-0.15, -0.1) is 0 Å². The van der Waals surface area contributed by atoms with Gasteiger partial charge in [0, 0.05) is 12.2 Å². The highest BCUT2D eigenvalue weighted by Crippen LogP contribution is 2.22. The number of hydrogen-bond donors (Lipinski definition) is 1. The highest BCUT2D eigenvalue weighted by Gasteiger charge is 2.08. The molecule has 2 nitrogen and oxygen atoms in total. The quantitative estimate of drug-likeness (QED) is 0.802. The van der Waals surface area contributed by atoms with Crippen LogP contribution in [0, 0.1) is 0 Å². The molecule has 1 unspecified atom stereocenters. The Hall–Kier alpha value is -0.310. The van der Waals surface area contributed by atoms with Crippen molar-refractivity contribution in [2.24, 2.45) is 0 Å². The Labute approximate surface area is 81.9 Å². The molecule has 0 amide bonds. The van der Waals surface area contributed by atoms with Crippen molar-refractivity contribution in [3.05, 3.63) is 28.0 Å². The molecular weight excluding hydrogens is 195 g/mol. The molecule has 0 aromatic carbocycles. The summed E-state index contributed by atoms with van der Waals surface area (Å²) in [6, 6.07) is 1.84. The molecule has 0 aliphatic heterocycles. The van der Waals surface area contributed by atoms with Gasteiger partial charge in [-0.25, -0.2) is 0 Å². The van der Waals surface area contributed by atoms with Crippen LogP contribution in [0.1, 0.15) is 18.7 Å². The zero-order valence-electron chi connectivity index (χ0n) is 6.94. The summed E-state index contributed by atoms with van der Waals surface area (Å²) in [5.41, 5.74) is 0.823. The van der Waals surface area contributed by atoms with E-state index < -0.39 is 0 Å². The molecule has 0 saturated heterocycles. The maximum Gasteiger partial charge on any atom is 0.0757 e. The van der Waals surface area contributed by atoms with E-state index in [9.17, 15) is 0 Å². The van der Waals surface area contributed by atoms with Crippen molar-refractivity contribution in [3.63, 3.8) is 0 Å². The van der Waals surface area contributed by atoms with E-state index in [-0.39, 0.29) is 6.04 Å². The van der Waals surface area contributed by atoms with Gasteiger partial charge in [-0.1, -0.05) is 23.2 Å². The standard InChI is InChI=1S/C8H10Cl2N2/c1-5(11-2)8-7(10)3-6(9)4-12-8/h3-5,11H,1-2H3. The lowest BCUT2D eigenvalue weighted by Crippen LogP contribution is -2.14. The second-order valence-corrected chi connectivity index (χ2v) is 3.37. The lowest BCUT2D eigenvalue weighted by atomic mass is 10.2. The van der Waals surface area contributed by atoms with Crippen LogP contribution in [0.5, 0.6) is 0 Å². The Morgan fingerprint density at radius 2 is 2.17 bits per heavy atom. The molecule has 1 aromatic heterocycles. The van der Waals surface area contributed by atoms with E-state index in [1.807, 2.05) is 14.0 Å². The normalized spacial score (nSPS) is 13.0. The molecule has 66 valence electrons. The molecule has 4 heteroatoms. The van der Waals surface area contributed by atoms with Gasteiger partial charge in [0.1, 0.15) is 0 Å². The van der Waals surface area contributed by atoms with Crippen LogP contribution < -0.4 is 5.32 Å². The summed E-state index contributed by atoms with van der Waals surface area (Å²) in [5, 5.41) is 4.21. The van der Waals surface area contributed by atoms with Crippen LogP contribution in [-0.4, -0.2) is 12.0 Å². The number of nitrogens with one attached hydrogen (secondary N) is 1. The van der Waals surface area contributed by atoms with Crippen LogP contribution in [0.3, 0.4) is 0 Å². The van der Waals surface area contributed by atoms with Gasteiger partial charge in [0.25, 0.3) is 0 Å². The smallest absolute Gasteiger partial charge is 0.0757 e. The van der Waals surface area contributed by atoms with Crippen LogP contribution in [0.25, 0.3) is 0 Å². The summed E-state index contributed by atoms with van der Waals surface area (Å²) >= 11 is 11.6. The number of pyridine rings is 1. The largest absolute Gasteiger partial charge is 0.312 e. The predicted octanol–water partition coefficient (Wildman–Crippen LogP) is 2.67. The van der Waals surface area contributed by atoms with Crippen LogP contribution in [0.2, 0.25) is 10.0 Å². The van der Waals surface area contributed by atoms with Crippen molar-refractivity contribution in [2.45, 2.75) is 13.0 Å². The third kappa shape index (κ3) is 2.09. The first-order chi connectivity index (χ1) is 5.65. The van der Waals surface area contributed by atoms with Crippen LogP contribution in [-0.2, 0) is 0 Å². The maximum atomic E-state index is 5.92. The lowest BCUT2D eigenvalue weighted by molar-refractivity contribution is 0.633. The van der Waals surface area contributed by atoms with Crippen LogP contribution in [0.15, 0.2) is 12.3 Å². The zero-order chi connectivity index (χ0) is 9.14. The molecule has 0 aliphatic carbocycles. The molecular formula is C8H10Cl2N2. The van der Waals surface area contributed by atoms with Crippen molar-refractivity contribution >= 4 is 23.2 Å². The van der Waals surface area contributed by atoms with E-state index in [4.69, 9.17) is 23.2 Å². The first kappa shape index (κ1) is 9.78. The fourth-order valence-electron chi connectivity index (χ4n) is 0.880. The van der Waals surface area contributed by atoms with E-state index in [0.29, 0.717) is 10.0 Å². The van der Waals surface area contributed by atoms with Crippen LogP contribution >= 0.6 is 23.2 Å². The Morgan fingerprint density at radius 3 is 2.67 bits per heavy atom. The number of aromatic nitrogens is 1. The Bertz CT molecular complexity index is 276. The van der Waals surface area contributed by atoms with Crippen molar-refractivity contribution < 1.29 is 0 Å². The highest BCUT2D eigenvalue weighted by molar-refractivity contribution is 6.34. The van der Waals surface area contributed by atoms with Gasteiger partial charge in [-0.2, -0.15) is 0 Å². The molecule has 1 N–H and O–H groups in total. The first-order valence-electron chi connectivity index (χ1n) is 3.63. The van der Waals surface area contributed by atoms with Crippen molar-refractivity contribution in [1.82, 2.24) is 10.3 Å². The fraction of sp³-hybridized carbons (Fsp3) is 0.375. The van der Waals surface area contributed by atoms with E-state index in [1.54, 1.807) is 12.3 Å². The van der Waals surface area contributed by atoms with Gasteiger partial charge in [-0.05, 0) is 20.0 Å². The summed E-state index contributed by atoms with van der Waals surface area (Å²) in [5.74, 6) is 0. The monoisotopic (exact) mass is 204 g/mol. The van der Waals surface area contributed by atoms with Gasteiger partial charge in [0.05, 0.1) is 15.7 Å². The topological polar surface area (TPSA) is 24.9 Å². The second-order valence-electron chi connectivity index (χ2n) is 2.53. The number of hydrogen-bond acceptors (Lipinski definition) is 2. The average molecular weight is 205 g/mol. The SMILES string of the molecule is CNC(C)c1ncc(Cl)cc1Cl. The molecule has 1 rings (SSSR count). The van der Waals surface area contributed by atoms with Crippen molar-refractivity contribution in [3.8, 4) is 0 Å². The van der Waals surface area contributed by atoms with Gasteiger partial charge < -0.3 is 5.32 Å². The van der Waals surface area contributed by atoms with E-state index >= 15 is 0 Å². The van der Waals surface area contributed by atoms with E-state index in [0.717, 1.165) is 5.69 Å². The van der Waals surface area contributed by atoms with Crippen molar-refractivity contribution in [2.75, 3.05) is 7.05 Å². The van der Waals surface area contributed by atoms with Crippen molar-refractivity contribution in [1.29, 1.82) is 0 Å². The summed E-state index contributed by atoms with van der Waals surface area (Å²) in [6.45, 7) is 1.99. The third-order valence-corrected chi connectivity index (χ3v) is 2.19. The molecule has 0 spiro atoms. The first-order valence-corrected chi connectivity index (χ1v) is 4.39. The Kier molecular flexibility index (Phi) is 3.32. The Morgan fingerprint density at radius 1 is 1.50 bits per heavy atom. The second kappa shape index (κ2) is 4.08. The summed E-state index contributed by atoms with van der Waals surface area (Å²) < 4.78 is 0. The number of nitrogens with zero attached hydrogens (tertiary/aromatic N) is 1. The molecule has 0 radical (unpaired) electrons. The summed E-state index contributed by atoms with van der Waals surface area (Å²) in [4.78, 5) is 4.12. The molecule has 0 bridgehead atoms. The molecule has 0 saturated carbocycles. The minimum Gasteiger partial charge on any atom is -0.312 e. The molecule has 0 fully saturated rings. The number of halogens is 2. The van der Waals surface area contributed by atoms with Gasteiger partial charge in [-0.3, -0.25) is 4.98 Å². The molecule has 1 aromatic rings. The molecule has 1 heterocycles. The van der Waals surface area contributed by atoms with Gasteiger partial charge in [0.15, 0.2) is 0 Å². The minimum atomic E-state index is 0.148. The van der Waals surface area contributed by atoms with E-state index in [1.165, 1.54) is 0 Å². The summed E-state index contributed by atoms with van der Waals surface area (Å²) in [6.07, 6.45) is 1.59. The minimum absolute atomic E-state index is 0.148. The maximum absolute atomic E-state index is 5.92. The molecule has 0 aliphatic rings. The fourth-order valence-corrected chi connectivity index (χ4v) is 1.42. The Balaban J connectivity index is 3.01. The molecule has 12 heavy (non-hydrogen) atoms.